The van der Waals surface area contributed by atoms with Gasteiger partial charge in [0.1, 0.15) is 0 Å². The highest BCUT2D eigenvalue weighted by Crippen LogP contribution is 2.41. The third-order valence-corrected chi connectivity index (χ3v) is 4.36. The van der Waals surface area contributed by atoms with Gasteiger partial charge in [0.05, 0.1) is 5.41 Å². The van der Waals surface area contributed by atoms with Crippen LogP contribution in [0.3, 0.4) is 0 Å². The summed E-state index contributed by atoms with van der Waals surface area (Å²) in [7, 11) is 0. The molecule has 2 amide bonds. The molecule has 0 spiro atoms. The van der Waals surface area contributed by atoms with E-state index in [-0.39, 0.29) is 24.2 Å². The molecule has 1 N–H and O–H groups in total. The zero-order valence-corrected chi connectivity index (χ0v) is 12.0. The summed E-state index contributed by atoms with van der Waals surface area (Å²) in [5.74, 6) is 0.201. The Balaban J connectivity index is 2.26. The Morgan fingerprint density at radius 2 is 1.58 bits per heavy atom. The Bertz CT molecular complexity index is 504. The van der Waals surface area contributed by atoms with Crippen LogP contribution in [-0.2, 0) is 9.59 Å². The molecule has 0 unspecified atom stereocenters. The first-order valence-corrected chi connectivity index (χ1v) is 6.78. The zero-order valence-electron chi connectivity index (χ0n) is 12.0. The van der Waals surface area contributed by atoms with E-state index in [1.54, 1.807) is 0 Å². The molecule has 2 atom stereocenters. The van der Waals surface area contributed by atoms with Gasteiger partial charge in [0.15, 0.2) is 0 Å². The highest BCUT2D eigenvalue weighted by molar-refractivity contribution is 6.06. The standard InChI is InChI=1S/C16H21NO2/c1-10(2)12-5-7-13(8-6-12)11(3)16(4)9-14(18)17-15(16)19/h5-8,10-11H,9H2,1-4H3,(H,17,18,19)/t11-,16-/m1/s1. The van der Waals surface area contributed by atoms with E-state index in [1.165, 1.54) is 5.56 Å². The summed E-state index contributed by atoms with van der Waals surface area (Å²) in [5.41, 5.74) is 1.76. The van der Waals surface area contributed by atoms with Gasteiger partial charge in [-0.1, -0.05) is 45.0 Å². The van der Waals surface area contributed by atoms with E-state index in [9.17, 15) is 9.59 Å². The smallest absolute Gasteiger partial charge is 0.233 e. The molecular weight excluding hydrogens is 238 g/mol. The lowest BCUT2D eigenvalue weighted by molar-refractivity contribution is -0.128. The van der Waals surface area contributed by atoms with E-state index in [4.69, 9.17) is 0 Å². The van der Waals surface area contributed by atoms with E-state index in [0.29, 0.717) is 5.92 Å². The molecule has 1 aromatic carbocycles. The van der Waals surface area contributed by atoms with E-state index >= 15 is 0 Å². The predicted octanol–water partition coefficient (Wildman–Crippen LogP) is 2.97. The summed E-state index contributed by atoms with van der Waals surface area (Å²) in [4.78, 5) is 23.4. The summed E-state index contributed by atoms with van der Waals surface area (Å²) in [5, 5.41) is 2.41. The number of hydrogen-bond acceptors (Lipinski definition) is 2. The second-order valence-electron chi connectivity index (χ2n) is 6.01. The highest BCUT2D eigenvalue weighted by atomic mass is 16.2. The van der Waals surface area contributed by atoms with Crippen LogP contribution in [0.1, 0.15) is 57.1 Å². The lowest BCUT2D eigenvalue weighted by Crippen LogP contribution is -2.33. The van der Waals surface area contributed by atoms with Crippen LogP contribution in [0.15, 0.2) is 24.3 Å². The van der Waals surface area contributed by atoms with E-state index < -0.39 is 5.41 Å². The average molecular weight is 259 g/mol. The van der Waals surface area contributed by atoms with Crippen molar-refractivity contribution >= 4 is 11.8 Å². The third-order valence-electron chi connectivity index (χ3n) is 4.36. The summed E-state index contributed by atoms with van der Waals surface area (Å²) in [6.45, 7) is 8.20. The van der Waals surface area contributed by atoms with Crippen molar-refractivity contribution in [3.8, 4) is 0 Å². The van der Waals surface area contributed by atoms with Crippen LogP contribution >= 0.6 is 0 Å². The van der Waals surface area contributed by atoms with Gasteiger partial charge in [-0.15, -0.1) is 0 Å². The maximum absolute atomic E-state index is 12.0. The van der Waals surface area contributed by atoms with Crippen LogP contribution in [0.5, 0.6) is 0 Å². The first-order chi connectivity index (χ1) is 8.84. The average Bonchev–Trinajstić information content (AvgIpc) is 2.63. The normalized spacial score (nSPS) is 24.7. The second kappa shape index (κ2) is 4.80. The lowest BCUT2D eigenvalue weighted by Gasteiger charge is -2.28. The first-order valence-electron chi connectivity index (χ1n) is 6.78. The van der Waals surface area contributed by atoms with Crippen LogP contribution < -0.4 is 5.32 Å². The fourth-order valence-corrected chi connectivity index (χ4v) is 2.61. The Labute approximate surface area is 114 Å². The van der Waals surface area contributed by atoms with Gasteiger partial charge in [-0.2, -0.15) is 0 Å². The van der Waals surface area contributed by atoms with Gasteiger partial charge >= 0.3 is 0 Å². The number of carbonyl (C=O) groups excluding carboxylic acids is 2. The largest absolute Gasteiger partial charge is 0.296 e. The minimum Gasteiger partial charge on any atom is -0.296 e. The van der Waals surface area contributed by atoms with Crippen molar-refractivity contribution in [2.75, 3.05) is 0 Å². The van der Waals surface area contributed by atoms with Crippen LogP contribution in [0.4, 0.5) is 0 Å². The van der Waals surface area contributed by atoms with Crippen LogP contribution in [0, 0.1) is 5.41 Å². The van der Waals surface area contributed by atoms with Crippen LogP contribution in [0.2, 0.25) is 0 Å². The summed E-state index contributed by atoms with van der Waals surface area (Å²) in [6.07, 6.45) is 0.277. The van der Waals surface area contributed by atoms with Crippen LogP contribution in [-0.4, -0.2) is 11.8 Å². The molecule has 1 aliphatic heterocycles. The summed E-state index contributed by atoms with van der Waals surface area (Å²) < 4.78 is 0. The molecule has 1 aromatic rings. The first kappa shape index (κ1) is 13.8. The number of benzene rings is 1. The summed E-state index contributed by atoms with van der Waals surface area (Å²) >= 11 is 0. The predicted molar refractivity (Wildman–Crippen MR) is 74.8 cm³/mol. The van der Waals surface area contributed by atoms with E-state index in [0.717, 1.165) is 5.56 Å². The molecule has 1 aliphatic rings. The van der Waals surface area contributed by atoms with Gasteiger partial charge in [-0.05, 0) is 29.9 Å². The summed E-state index contributed by atoms with van der Waals surface area (Å²) in [6, 6.07) is 8.35. The number of amides is 2. The minimum absolute atomic E-state index is 0.0279. The Kier molecular flexibility index (Phi) is 3.48. The fourth-order valence-electron chi connectivity index (χ4n) is 2.61. The second-order valence-corrected chi connectivity index (χ2v) is 6.01. The molecule has 3 heteroatoms. The maximum Gasteiger partial charge on any atom is 0.233 e. The molecule has 0 bridgehead atoms. The monoisotopic (exact) mass is 259 g/mol. The van der Waals surface area contributed by atoms with Crippen molar-refractivity contribution in [1.29, 1.82) is 0 Å². The zero-order chi connectivity index (χ0) is 14.2. The maximum atomic E-state index is 12.0. The van der Waals surface area contributed by atoms with Crippen molar-refractivity contribution in [3.05, 3.63) is 35.4 Å². The van der Waals surface area contributed by atoms with Gasteiger partial charge in [0.25, 0.3) is 0 Å². The van der Waals surface area contributed by atoms with E-state index in [1.807, 2.05) is 13.8 Å². The van der Waals surface area contributed by atoms with Gasteiger partial charge in [-0.3, -0.25) is 14.9 Å². The van der Waals surface area contributed by atoms with Crippen LogP contribution in [0.25, 0.3) is 0 Å². The Morgan fingerprint density at radius 1 is 1.05 bits per heavy atom. The SMILES string of the molecule is CC(C)c1ccc([C@@H](C)[C@@]2(C)CC(=O)NC2=O)cc1. The van der Waals surface area contributed by atoms with Crippen molar-refractivity contribution in [3.63, 3.8) is 0 Å². The van der Waals surface area contributed by atoms with Crippen molar-refractivity contribution in [2.24, 2.45) is 5.41 Å². The lowest BCUT2D eigenvalue weighted by atomic mass is 9.73. The molecular formula is C16H21NO2. The Hall–Kier alpha value is -1.64. The molecule has 0 radical (unpaired) electrons. The van der Waals surface area contributed by atoms with Gasteiger partial charge in [0, 0.05) is 6.42 Å². The number of rotatable bonds is 3. The van der Waals surface area contributed by atoms with Gasteiger partial charge < -0.3 is 0 Å². The molecule has 19 heavy (non-hydrogen) atoms. The minimum atomic E-state index is -0.629. The molecule has 1 heterocycles. The number of nitrogens with one attached hydrogen (secondary N) is 1. The molecule has 0 aliphatic carbocycles. The molecule has 0 saturated carbocycles. The number of carbonyl (C=O) groups is 2. The molecule has 2 rings (SSSR count). The number of hydrogen-bond donors (Lipinski definition) is 1. The van der Waals surface area contributed by atoms with E-state index in [2.05, 4.69) is 43.4 Å². The molecule has 102 valence electrons. The molecule has 3 nitrogen and oxygen atoms in total. The highest BCUT2D eigenvalue weighted by Gasteiger charge is 2.46. The third kappa shape index (κ3) is 2.42. The fraction of sp³-hybridized carbons (Fsp3) is 0.500. The Morgan fingerprint density at radius 3 is 2.00 bits per heavy atom. The van der Waals surface area contributed by atoms with Crippen molar-refractivity contribution in [2.45, 2.75) is 46.0 Å². The van der Waals surface area contributed by atoms with Crippen molar-refractivity contribution in [1.82, 2.24) is 5.32 Å². The number of imide groups is 1. The van der Waals surface area contributed by atoms with Gasteiger partial charge in [0.2, 0.25) is 11.8 Å². The quantitative estimate of drug-likeness (QED) is 0.848. The molecule has 1 fully saturated rings. The topological polar surface area (TPSA) is 46.2 Å². The molecule has 1 saturated heterocycles. The van der Waals surface area contributed by atoms with Crippen molar-refractivity contribution < 1.29 is 9.59 Å². The van der Waals surface area contributed by atoms with Gasteiger partial charge in [-0.25, -0.2) is 0 Å². The molecule has 0 aromatic heterocycles.